The van der Waals surface area contributed by atoms with Gasteiger partial charge in [-0.2, -0.15) is 0 Å². The zero-order valence-electron chi connectivity index (χ0n) is 14.6. The van der Waals surface area contributed by atoms with Crippen molar-refractivity contribution in [3.63, 3.8) is 0 Å². The van der Waals surface area contributed by atoms with Crippen LogP contribution in [-0.2, 0) is 14.3 Å². The summed E-state index contributed by atoms with van der Waals surface area (Å²) in [5, 5.41) is 0. The molecule has 128 valence electrons. The van der Waals surface area contributed by atoms with Crippen LogP contribution in [0.1, 0.15) is 52.9 Å². The minimum atomic E-state index is -0.180. The minimum absolute atomic E-state index is 0.0371. The molecule has 0 radical (unpaired) electrons. The number of nitrogens with zero attached hydrogens (tertiary/aromatic N) is 2. The first kappa shape index (κ1) is 18.9. The van der Waals surface area contributed by atoms with Gasteiger partial charge in [-0.3, -0.25) is 9.59 Å². The van der Waals surface area contributed by atoms with Gasteiger partial charge in [-0.05, 0) is 19.8 Å². The van der Waals surface area contributed by atoms with Gasteiger partial charge in [0, 0.05) is 33.2 Å². The number of ether oxygens (including phenoxy) is 1. The van der Waals surface area contributed by atoms with Crippen molar-refractivity contribution < 1.29 is 14.3 Å². The van der Waals surface area contributed by atoms with Crippen LogP contribution in [0.15, 0.2) is 0 Å². The molecule has 22 heavy (non-hydrogen) atoms. The molecular formula is C17H32N2O3. The van der Waals surface area contributed by atoms with Gasteiger partial charge in [-0.25, -0.2) is 0 Å². The van der Waals surface area contributed by atoms with Crippen LogP contribution in [0.3, 0.4) is 0 Å². The highest BCUT2D eigenvalue weighted by atomic mass is 16.5. The Morgan fingerprint density at radius 1 is 1.32 bits per heavy atom. The van der Waals surface area contributed by atoms with Crippen LogP contribution >= 0.6 is 0 Å². The molecule has 1 aliphatic rings. The maximum Gasteiger partial charge on any atom is 0.227 e. The molecule has 0 spiro atoms. The summed E-state index contributed by atoms with van der Waals surface area (Å²) in [6, 6.07) is 0.0371. The van der Waals surface area contributed by atoms with E-state index in [2.05, 4.69) is 13.8 Å². The molecule has 0 bridgehead atoms. The van der Waals surface area contributed by atoms with Crippen LogP contribution < -0.4 is 0 Å². The van der Waals surface area contributed by atoms with E-state index < -0.39 is 0 Å². The van der Waals surface area contributed by atoms with Crippen molar-refractivity contribution in [3.8, 4) is 0 Å². The van der Waals surface area contributed by atoms with E-state index in [1.54, 1.807) is 12.0 Å². The third kappa shape index (κ3) is 5.27. The molecule has 0 aromatic carbocycles. The van der Waals surface area contributed by atoms with E-state index in [1.165, 1.54) is 0 Å². The molecule has 0 aliphatic carbocycles. The van der Waals surface area contributed by atoms with Gasteiger partial charge in [0.15, 0.2) is 0 Å². The fourth-order valence-corrected chi connectivity index (χ4v) is 2.94. The maximum absolute atomic E-state index is 12.7. The van der Waals surface area contributed by atoms with Crippen LogP contribution in [0.2, 0.25) is 0 Å². The van der Waals surface area contributed by atoms with Crippen LogP contribution in [0, 0.1) is 5.92 Å². The van der Waals surface area contributed by atoms with Crippen LogP contribution in [0.25, 0.3) is 0 Å². The van der Waals surface area contributed by atoms with E-state index in [9.17, 15) is 9.59 Å². The molecule has 0 saturated carbocycles. The van der Waals surface area contributed by atoms with Crippen molar-refractivity contribution in [1.29, 1.82) is 0 Å². The quantitative estimate of drug-likeness (QED) is 0.622. The van der Waals surface area contributed by atoms with Gasteiger partial charge in [0.25, 0.3) is 0 Å². The van der Waals surface area contributed by atoms with Gasteiger partial charge in [-0.15, -0.1) is 0 Å². The Kier molecular flexibility index (Phi) is 8.46. The zero-order chi connectivity index (χ0) is 16.5. The lowest BCUT2D eigenvalue weighted by Crippen LogP contribution is -2.41. The second-order valence-electron chi connectivity index (χ2n) is 6.28. The lowest BCUT2D eigenvalue weighted by molar-refractivity contribution is -0.136. The lowest BCUT2D eigenvalue weighted by Gasteiger charge is -2.27. The molecule has 1 aliphatic heterocycles. The summed E-state index contributed by atoms with van der Waals surface area (Å²) in [4.78, 5) is 28.7. The number of hydrogen-bond donors (Lipinski definition) is 0. The molecule has 2 atom stereocenters. The molecular weight excluding hydrogens is 280 g/mol. The molecule has 1 rings (SSSR count). The van der Waals surface area contributed by atoms with E-state index in [0.717, 1.165) is 38.8 Å². The highest BCUT2D eigenvalue weighted by molar-refractivity contribution is 5.89. The topological polar surface area (TPSA) is 49.9 Å². The minimum Gasteiger partial charge on any atom is -0.383 e. The fourth-order valence-electron chi connectivity index (χ4n) is 2.94. The Morgan fingerprint density at radius 2 is 1.91 bits per heavy atom. The van der Waals surface area contributed by atoms with Crippen molar-refractivity contribution >= 4 is 11.8 Å². The van der Waals surface area contributed by atoms with E-state index in [-0.39, 0.29) is 23.8 Å². The Bertz CT molecular complexity index is 352. The molecule has 0 aromatic rings. The number of rotatable bonds is 10. The van der Waals surface area contributed by atoms with Crippen LogP contribution in [-0.4, -0.2) is 61.0 Å². The predicted molar refractivity (Wildman–Crippen MR) is 87.6 cm³/mol. The van der Waals surface area contributed by atoms with Crippen molar-refractivity contribution in [1.82, 2.24) is 9.80 Å². The van der Waals surface area contributed by atoms with E-state index in [4.69, 9.17) is 4.74 Å². The number of carbonyl (C=O) groups excluding carboxylic acids is 2. The van der Waals surface area contributed by atoms with E-state index >= 15 is 0 Å². The van der Waals surface area contributed by atoms with Gasteiger partial charge < -0.3 is 14.5 Å². The normalized spacial score (nSPS) is 19.5. The molecule has 0 N–H and O–H groups in total. The average molecular weight is 312 g/mol. The van der Waals surface area contributed by atoms with Crippen molar-refractivity contribution in [3.05, 3.63) is 0 Å². The molecule has 1 fully saturated rings. The Hall–Kier alpha value is -1.10. The summed E-state index contributed by atoms with van der Waals surface area (Å²) >= 11 is 0. The van der Waals surface area contributed by atoms with Crippen LogP contribution in [0.5, 0.6) is 0 Å². The third-order valence-corrected chi connectivity index (χ3v) is 4.32. The Labute approximate surface area is 135 Å². The third-order valence-electron chi connectivity index (χ3n) is 4.32. The largest absolute Gasteiger partial charge is 0.383 e. The predicted octanol–water partition coefficient (Wildman–Crippen LogP) is 2.30. The number of hydrogen-bond acceptors (Lipinski definition) is 3. The summed E-state index contributed by atoms with van der Waals surface area (Å²) in [6.07, 6.45) is 4.56. The molecule has 0 aromatic heterocycles. The number of carbonyl (C=O) groups is 2. The van der Waals surface area contributed by atoms with Gasteiger partial charge >= 0.3 is 0 Å². The van der Waals surface area contributed by atoms with Crippen molar-refractivity contribution in [2.75, 3.05) is 33.4 Å². The number of methoxy groups -OCH3 is 1. The number of unbranched alkanes of at least 4 members (excludes halogenated alkanes) is 2. The molecule has 0 unspecified atom stereocenters. The van der Waals surface area contributed by atoms with Gasteiger partial charge in [0.1, 0.15) is 0 Å². The molecule has 5 nitrogen and oxygen atoms in total. The summed E-state index contributed by atoms with van der Waals surface area (Å²) < 4.78 is 5.12. The maximum atomic E-state index is 12.7. The monoisotopic (exact) mass is 312 g/mol. The van der Waals surface area contributed by atoms with Crippen molar-refractivity contribution in [2.45, 2.75) is 58.9 Å². The standard InChI is InChI=1S/C17H32N2O3/c1-5-7-9-18(10-8-6-2)17(21)15-11-16(20)19(12-15)14(3)13-22-4/h14-15H,5-13H2,1-4H3/t14-,15-/m0/s1. The lowest BCUT2D eigenvalue weighted by atomic mass is 10.1. The fraction of sp³-hybridized carbons (Fsp3) is 0.882. The molecule has 5 heteroatoms. The smallest absolute Gasteiger partial charge is 0.227 e. The first-order chi connectivity index (χ1) is 10.5. The van der Waals surface area contributed by atoms with Gasteiger partial charge in [0.05, 0.1) is 18.6 Å². The first-order valence-electron chi connectivity index (χ1n) is 8.62. The SMILES string of the molecule is CCCCN(CCCC)C(=O)[C@H]1CC(=O)N([C@@H](C)COC)C1. The number of amides is 2. The zero-order valence-corrected chi connectivity index (χ0v) is 14.6. The van der Waals surface area contributed by atoms with E-state index in [1.807, 2.05) is 11.8 Å². The first-order valence-corrected chi connectivity index (χ1v) is 8.62. The van der Waals surface area contributed by atoms with Crippen LogP contribution in [0.4, 0.5) is 0 Å². The van der Waals surface area contributed by atoms with E-state index in [0.29, 0.717) is 19.6 Å². The van der Waals surface area contributed by atoms with Gasteiger partial charge in [0.2, 0.25) is 11.8 Å². The number of likely N-dealkylation sites (tertiary alicyclic amines) is 1. The highest BCUT2D eigenvalue weighted by Crippen LogP contribution is 2.23. The van der Waals surface area contributed by atoms with Gasteiger partial charge in [-0.1, -0.05) is 26.7 Å². The highest BCUT2D eigenvalue weighted by Gasteiger charge is 2.38. The van der Waals surface area contributed by atoms with Crippen molar-refractivity contribution in [2.24, 2.45) is 5.92 Å². The molecule has 2 amide bonds. The second-order valence-corrected chi connectivity index (χ2v) is 6.28. The summed E-state index contributed by atoms with van der Waals surface area (Å²) in [5.74, 6) is 0.0525. The average Bonchev–Trinajstić information content (AvgIpc) is 2.89. The Balaban J connectivity index is 2.64. The summed E-state index contributed by atoms with van der Waals surface area (Å²) in [7, 11) is 1.64. The molecule has 1 saturated heterocycles. The summed E-state index contributed by atoms with van der Waals surface area (Å²) in [6.45, 7) is 8.92. The Morgan fingerprint density at radius 3 is 2.41 bits per heavy atom. The second kappa shape index (κ2) is 9.82. The molecule has 1 heterocycles. The summed E-state index contributed by atoms with van der Waals surface area (Å²) in [5.41, 5.74) is 0.